The van der Waals surface area contributed by atoms with E-state index in [1.165, 1.54) is 11.8 Å². The highest BCUT2D eigenvalue weighted by Crippen LogP contribution is 2.25. The van der Waals surface area contributed by atoms with Crippen molar-refractivity contribution < 1.29 is 13.9 Å². The molecular formula is C17H21N3O3S. The molecule has 3 rings (SSSR count). The molecule has 1 aliphatic rings. The Kier molecular flexibility index (Phi) is 5.20. The fourth-order valence-electron chi connectivity index (χ4n) is 2.79. The largest absolute Gasteiger partial charge is 0.411 e. The zero-order valence-electron chi connectivity index (χ0n) is 14.1. The quantitative estimate of drug-likeness (QED) is 0.792. The summed E-state index contributed by atoms with van der Waals surface area (Å²) in [7, 11) is 0. The SMILES string of the molecule is Cc1ccccc1-c1nnc(SCC(=O)N2C[C@@H](C)O[C@@H](C)C2)o1. The number of aryl methyl sites for hydroxylation is 1. The van der Waals surface area contributed by atoms with Crippen molar-refractivity contribution in [3.05, 3.63) is 29.8 Å². The summed E-state index contributed by atoms with van der Waals surface area (Å²) in [5, 5.41) is 8.52. The number of carbonyl (C=O) groups excluding carboxylic acids is 1. The number of benzene rings is 1. The molecule has 0 radical (unpaired) electrons. The van der Waals surface area contributed by atoms with Crippen LogP contribution in [0.15, 0.2) is 33.9 Å². The van der Waals surface area contributed by atoms with Crippen molar-refractivity contribution in [2.24, 2.45) is 0 Å². The highest BCUT2D eigenvalue weighted by molar-refractivity contribution is 7.99. The highest BCUT2D eigenvalue weighted by Gasteiger charge is 2.26. The summed E-state index contributed by atoms with van der Waals surface area (Å²) in [4.78, 5) is 14.2. The number of nitrogens with zero attached hydrogens (tertiary/aromatic N) is 3. The number of carbonyl (C=O) groups is 1. The maximum Gasteiger partial charge on any atom is 0.277 e. The van der Waals surface area contributed by atoms with Gasteiger partial charge in [-0.05, 0) is 32.4 Å². The van der Waals surface area contributed by atoms with Crippen molar-refractivity contribution >= 4 is 17.7 Å². The van der Waals surface area contributed by atoms with Gasteiger partial charge in [-0.3, -0.25) is 4.79 Å². The third-order valence-corrected chi connectivity index (χ3v) is 4.68. The number of amides is 1. The summed E-state index contributed by atoms with van der Waals surface area (Å²) >= 11 is 1.27. The lowest BCUT2D eigenvalue weighted by Crippen LogP contribution is -2.48. The third-order valence-electron chi connectivity index (χ3n) is 3.87. The smallest absolute Gasteiger partial charge is 0.277 e. The number of morpholine rings is 1. The van der Waals surface area contributed by atoms with Gasteiger partial charge in [0.25, 0.3) is 5.22 Å². The molecule has 0 unspecified atom stereocenters. The second kappa shape index (κ2) is 7.36. The molecule has 1 amide bonds. The van der Waals surface area contributed by atoms with Gasteiger partial charge in [0.05, 0.1) is 18.0 Å². The number of thioether (sulfide) groups is 1. The molecule has 2 atom stereocenters. The molecule has 1 aromatic heterocycles. The Hall–Kier alpha value is -1.86. The molecule has 128 valence electrons. The zero-order chi connectivity index (χ0) is 17.1. The summed E-state index contributed by atoms with van der Waals surface area (Å²) in [6.45, 7) is 7.21. The van der Waals surface area contributed by atoms with E-state index in [9.17, 15) is 4.79 Å². The van der Waals surface area contributed by atoms with Crippen LogP contribution < -0.4 is 0 Å². The predicted octanol–water partition coefficient (Wildman–Crippen LogP) is 2.77. The highest BCUT2D eigenvalue weighted by atomic mass is 32.2. The molecule has 0 bridgehead atoms. The first-order valence-corrected chi connectivity index (χ1v) is 8.97. The third kappa shape index (κ3) is 3.96. The first-order valence-electron chi connectivity index (χ1n) is 7.98. The van der Waals surface area contributed by atoms with Crippen molar-refractivity contribution in [1.29, 1.82) is 0 Å². The van der Waals surface area contributed by atoms with Crippen molar-refractivity contribution in [3.63, 3.8) is 0 Å². The van der Waals surface area contributed by atoms with Gasteiger partial charge in [-0.15, -0.1) is 10.2 Å². The van der Waals surface area contributed by atoms with Gasteiger partial charge < -0.3 is 14.1 Å². The van der Waals surface area contributed by atoms with E-state index in [4.69, 9.17) is 9.15 Å². The van der Waals surface area contributed by atoms with Crippen molar-refractivity contribution in [2.45, 2.75) is 38.2 Å². The fraction of sp³-hybridized carbons (Fsp3) is 0.471. The van der Waals surface area contributed by atoms with Gasteiger partial charge in [-0.1, -0.05) is 30.0 Å². The molecule has 0 aliphatic carbocycles. The number of rotatable bonds is 4. The topological polar surface area (TPSA) is 68.5 Å². The molecule has 24 heavy (non-hydrogen) atoms. The average molecular weight is 347 g/mol. The van der Waals surface area contributed by atoms with E-state index < -0.39 is 0 Å². The lowest BCUT2D eigenvalue weighted by molar-refractivity contribution is -0.140. The molecule has 6 nitrogen and oxygen atoms in total. The van der Waals surface area contributed by atoms with Gasteiger partial charge in [0, 0.05) is 18.7 Å². The lowest BCUT2D eigenvalue weighted by atomic mass is 10.1. The van der Waals surface area contributed by atoms with Crippen molar-refractivity contribution in [2.75, 3.05) is 18.8 Å². The van der Waals surface area contributed by atoms with Gasteiger partial charge in [0.1, 0.15) is 0 Å². The Bertz CT molecular complexity index is 709. The Morgan fingerprint density at radius 1 is 1.25 bits per heavy atom. The predicted molar refractivity (Wildman–Crippen MR) is 91.8 cm³/mol. The van der Waals surface area contributed by atoms with Crippen LogP contribution in [0.5, 0.6) is 0 Å². The van der Waals surface area contributed by atoms with E-state index in [2.05, 4.69) is 10.2 Å². The number of aromatic nitrogens is 2. The number of hydrogen-bond donors (Lipinski definition) is 0. The molecule has 0 saturated carbocycles. The molecule has 1 aliphatic heterocycles. The molecule has 2 heterocycles. The van der Waals surface area contributed by atoms with E-state index in [0.717, 1.165) is 11.1 Å². The summed E-state index contributed by atoms with van der Waals surface area (Å²) in [5.74, 6) is 0.837. The van der Waals surface area contributed by atoms with Crippen LogP contribution in [0.2, 0.25) is 0 Å². The molecule has 1 fully saturated rings. The molecule has 1 saturated heterocycles. The monoisotopic (exact) mass is 347 g/mol. The maximum atomic E-state index is 12.4. The van der Waals surface area contributed by atoms with Crippen LogP contribution in [0.1, 0.15) is 19.4 Å². The molecule has 2 aromatic rings. The van der Waals surface area contributed by atoms with Gasteiger partial charge in [-0.2, -0.15) is 0 Å². The number of hydrogen-bond acceptors (Lipinski definition) is 6. The van der Waals surface area contributed by atoms with Crippen LogP contribution in [0.3, 0.4) is 0 Å². The molecular weight excluding hydrogens is 326 g/mol. The molecule has 1 aromatic carbocycles. The van der Waals surface area contributed by atoms with Crippen LogP contribution in [0.25, 0.3) is 11.5 Å². The Morgan fingerprint density at radius 3 is 2.67 bits per heavy atom. The summed E-state index contributed by atoms with van der Waals surface area (Å²) in [6, 6.07) is 7.84. The van der Waals surface area contributed by atoms with Crippen LogP contribution >= 0.6 is 11.8 Å². The van der Waals surface area contributed by atoms with Crippen LogP contribution in [0, 0.1) is 6.92 Å². The first-order chi connectivity index (χ1) is 11.5. The fourth-order valence-corrected chi connectivity index (χ4v) is 3.45. The molecule has 0 N–H and O–H groups in total. The average Bonchev–Trinajstić information content (AvgIpc) is 3.01. The minimum Gasteiger partial charge on any atom is -0.411 e. The van der Waals surface area contributed by atoms with Gasteiger partial charge in [0.2, 0.25) is 11.8 Å². The first kappa shape index (κ1) is 17.0. The van der Waals surface area contributed by atoms with Crippen LogP contribution in [-0.2, 0) is 9.53 Å². The second-order valence-electron chi connectivity index (χ2n) is 6.03. The van der Waals surface area contributed by atoms with Crippen molar-refractivity contribution in [3.8, 4) is 11.5 Å². The van der Waals surface area contributed by atoms with E-state index in [1.54, 1.807) is 0 Å². The van der Waals surface area contributed by atoms with Crippen LogP contribution in [0.4, 0.5) is 0 Å². The van der Waals surface area contributed by atoms with Crippen molar-refractivity contribution in [1.82, 2.24) is 15.1 Å². The summed E-state index contributed by atoms with van der Waals surface area (Å²) < 4.78 is 11.3. The number of ether oxygens (including phenoxy) is 1. The zero-order valence-corrected chi connectivity index (χ0v) is 14.9. The summed E-state index contributed by atoms with van der Waals surface area (Å²) in [6.07, 6.45) is 0.137. The second-order valence-corrected chi connectivity index (χ2v) is 6.96. The Balaban J connectivity index is 1.59. The normalized spacial score (nSPS) is 21.0. The maximum absolute atomic E-state index is 12.4. The molecule has 7 heteroatoms. The van der Waals surface area contributed by atoms with Gasteiger partial charge >= 0.3 is 0 Å². The minimum absolute atomic E-state index is 0.0673. The van der Waals surface area contributed by atoms with E-state index in [-0.39, 0.29) is 23.9 Å². The van der Waals surface area contributed by atoms with Gasteiger partial charge in [0.15, 0.2) is 0 Å². The Labute approximate surface area is 145 Å². The standard InChI is InChI=1S/C17H21N3O3S/c1-11-6-4-5-7-14(11)16-18-19-17(23-16)24-10-15(21)20-8-12(2)22-13(3)9-20/h4-7,12-13H,8-10H2,1-3H3/t12-,13+. The van der Waals surface area contributed by atoms with E-state index in [1.807, 2.05) is 49.9 Å². The van der Waals surface area contributed by atoms with Crippen LogP contribution in [-0.4, -0.2) is 52.1 Å². The minimum atomic E-state index is 0.0673. The van der Waals surface area contributed by atoms with Gasteiger partial charge in [-0.25, -0.2) is 0 Å². The lowest BCUT2D eigenvalue weighted by Gasteiger charge is -2.35. The Morgan fingerprint density at radius 2 is 1.96 bits per heavy atom. The summed E-state index contributed by atoms with van der Waals surface area (Å²) in [5.41, 5.74) is 1.99. The molecule has 0 spiro atoms. The van der Waals surface area contributed by atoms with E-state index in [0.29, 0.717) is 24.2 Å². The van der Waals surface area contributed by atoms with E-state index >= 15 is 0 Å².